The molecular weight excluding hydrogens is 176 g/mol. The van der Waals surface area contributed by atoms with Gasteiger partial charge in [0.15, 0.2) is 0 Å². The van der Waals surface area contributed by atoms with Crippen LogP contribution in [0.1, 0.15) is 24.3 Å². The molecule has 1 saturated heterocycles. The largest absolute Gasteiger partial charge is 0.378 e. The van der Waals surface area contributed by atoms with Crippen LogP contribution in [0.5, 0.6) is 0 Å². The lowest BCUT2D eigenvalue weighted by Crippen LogP contribution is -2.25. The van der Waals surface area contributed by atoms with Crippen molar-refractivity contribution in [3.05, 3.63) is 30.1 Å². The second-order valence-electron chi connectivity index (χ2n) is 3.68. The normalized spacial score (nSPS) is 23.6. The summed E-state index contributed by atoms with van der Waals surface area (Å²) in [7, 11) is 0. The van der Waals surface area contributed by atoms with Gasteiger partial charge in [-0.2, -0.15) is 0 Å². The fourth-order valence-electron chi connectivity index (χ4n) is 2.02. The molecule has 3 nitrogen and oxygen atoms in total. The van der Waals surface area contributed by atoms with Crippen LogP contribution in [0.4, 0.5) is 0 Å². The number of nitrogens with zero attached hydrogens (tertiary/aromatic N) is 1. The topological polar surface area (TPSA) is 48.1 Å². The summed E-state index contributed by atoms with van der Waals surface area (Å²) in [5.74, 6) is 0.311. The monoisotopic (exact) mass is 192 g/mol. The van der Waals surface area contributed by atoms with Crippen LogP contribution in [0, 0.1) is 0 Å². The van der Waals surface area contributed by atoms with E-state index < -0.39 is 0 Å². The van der Waals surface area contributed by atoms with Gasteiger partial charge in [0.1, 0.15) is 0 Å². The van der Waals surface area contributed by atoms with Crippen molar-refractivity contribution < 1.29 is 4.74 Å². The van der Waals surface area contributed by atoms with E-state index in [1.807, 2.05) is 12.3 Å². The highest BCUT2D eigenvalue weighted by atomic mass is 16.5. The quantitative estimate of drug-likeness (QED) is 0.785. The predicted molar refractivity (Wildman–Crippen MR) is 55.0 cm³/mol. The summed E-state index contributed by atoms with van der Waals surface area (Å²) >= 11 is 0. The van der Waals surface area contributed by atoms with Gasteiger partial charge in [0.2, 0.25) is 0 Å². The minimum atomic E-state index is 0.296. The molecule has 0 bridgehead atoms. The zero-order valence-electron chi connectivity index (χ0n) is 8.23. The molecule has 14 heavy (non-hydrogen) atoms. The number of rotatable bonds is 3. The first-order chi connectivity index (χ1) is 6.92. The number of nitrogens with two attached hydrogens (primary N) is 1. The molecule has 1 aliphatic heterocycles. The second kappa shape index (κ2) is 4.53. The molecular formula is C11H16N2O. The lowest BCUT2D eigenvalue weighted by atomic mass is 9.93. The van der Waals surface area contributed by atoms with Crippen molar-refractivity contribution in [3.63, 3.8) is 0 Å². The van der Waals surface area contributed by atoms with Crippen LogP contribution < -0.4 is 5.73 Å². The molecule has 2 rings (SSSR count). The highest BCUT2D eigenvalue weighted by Gasteiger charge is 2.26. The Hall–Kier alpha value is -0.930. The number of hydrogen-bond acceptors (Lipinski definition) is 3. The molecule has 2 unspecified atom stereocenters. The molecule has 0 aliphatic carbocycles. The molecule has 0 spiro atoms. The van der Waals surface area contributed by atoms with Crippen molar-refractivity contribution in [1.82, 2.24) is 4.98 Å². The third-order valence-corrected chi connectivity index (χ3v) is 2.78. The van der Waals surface area contributed by atoms with Crippen molar-refractivity contribution in [2.24, 2.45) is 5.73 Å². The highest BCUT2D eigenvalue weighted by molar-refractivity contribution is 5.17. The molecule has 1 aliphatic rings. The molecule has 0 aromatic carbocycles. The molecule has 2 N–H and O–H groups in total. The maximum absolute atomic E-state index is 5.78. The van der Waals surface area contributed by atoms with E-state index in [0.717, 1.165) is 19.4 Å². The molecule has 1 fully saturated rings. The Morgan fingerprint density at radius 3 is 3.14 bits per heavy atom. The Balaban J connectivity index is 2.12. The van der Waals surface area contributed by atoms with Crippen LogP contribution >= 0.6 is 0 Å². The zero-order chi connectivity index (χ0) is 9.80. The van der Waals surface area contributed by atoms with Crippen LogP contribution in [-0.4, -0.2) is 24.2 Å². The molecule has 0 radical (unpaired) electrons. The van der Waals surface area contributed by atoms with Crippen molar-refractivity contribution in [3.8, 4) is 0 Å². The van der Waals surface area contributed by atoms with Crippen molar-refractivity contribution in [1.29, 1.82) is 0 Å². The van der Waals surface area contributed by atoms with Gasteiger partial charge in [-0.15, -0.1) is 0 Å². The first-order valence-electron chi connectivity index (χ1n) is 5.13. The smallest absolute Gasteiger partial charge is 0.0657 e. The average molecular weight is 192 g/mol. The van der Waals surface area contributed by atoms with Gasteiger partial charge in [-0.1, -0.05) is 6.07 Å². The van der Waals surface area contributed by atoms with Gasteiger partial charge < -0.3 is 10.5 Å². The molecule has 0 saturated carbocycles. The van der Waals surface area contributed by atoms with Crippen molar-refractivity contribution in [2.45, 2.75) is 24.9 Å². The maximum atomic E-state index is 5.78. The molecule has 1 aromatic rings. The van der Waals surface area contributed by atoms with Gasteiger partial charge >= 0.3 is 0 Å². The molecule has 1 aromatic heterocycles. The first kappa shape index (κ1) is 9.62. The molecule has 2 atom stereocenters. The maximum Gasteiger partial charge on any atom is 0.0657 e. The summed E-state index contributed by atoms with van der Waals surface area (Å²) in [4.78, 5) is 4.11. The van der Waals surface area contributed by atoms with Crippen LogP contribution in [-0.2, 0) is 4.74 Å². The van der Waals surface area contributed by atoms with Crippen molar-refractivity contribution >= 4 is 0 Å². The Morgan fingerprint density at radius 2 is 2.57 bits per heavy atom. The molecule has 2 heterocycles. The number of ether oxygens (including phenoxy) is 1. The van der Waals surface area contributed by atoms with E-state index in [-0.39, 0.29) is 0 Å². The van der Waals surface area contributed by atoms with Gasteiger partial charge in [-0.3, -0.25) is 4.98 Å². The SMILES string of the molecule is NCC(c1cccnc1)C1CCCO1. The van der Waals surface area contributed by atoms with Gasteiger partial charge in [-0.25, -0.2) is 0 Å². The van der Waals surface area contributed by atoms with Gasteiger partial charge in [0.25, 0.3) is 0 Å². The molecule has 0 amide bonds. The van der Waals surface area contributed by atoms with E-state index in [2.05, 4.69) is 11.1 Å². The van der Waals surface area contributed by atoms with Crippen molar-refractivity contribution in [2.75, 3.05) is 13.2 Å². The van der Waals surface area contributed by atoms with E-state index in [4.69, 9.17) is 10.5 Å². The summed E-state index contributed by atoms with van der Waals surface area (Å²) in [6, 6.07) is 4.03. The summed E-state index contributed by atoms with van der Waals surface area (Å²) < 4.78 is 5.65. The molecule has 76 valence electrons. The summed E-state index contributed by atoms with van der Waals surface area (Å²) in [6.45, 7) is 1.51. The van der Waals surface area contributed by atoms with Crippen LogP contribution in [0.15, 0.2) is 24.5 Å². The van der Waals surface area contributed by atoms with E-state index >= 15 is 0 Å². The predicted octanol–water partition coefficient (Wildman–Crippen LogP) is 1.30. The van der Waals surface area contributed by atoms with Crippen LogP contribution in [0.3, 0.4) is 0 Å². The van der Waals surface area contributed by atoms with Gasteiger partial charge in [-0.05, 0) is 24.5 Å². The van der Waals surface area contributed by atoms with E-state index in [9.17, 15) is 0 Å². The number of hydrogen-bond donors (Lipinski definition) is 1. The average Bonchev–Trinajstić information content (AvgIpc) is 2.74. The van der Waals surface area contributed by atoms with E-state index in [0.29, 0.717) is 18.6 Å². The Kier molecular flexibility index (Phi) is 3.11. The second-order valence-corrected chi connectivity index (χ2v) is 3.68. The Morgan fingerprint density at radius 1 is 1.64 bits per heavy atom. The summed E-state index contributed by atoms with van der Waals surface area (Å²) in [5.41, 5.74) is 6.97. The fourth-order valence-corrected chi connectivity index (χ4v) is 2.02. The number of aromatic nitrogens is 1. The fraction of sp³-hybridized carbons (Fsp3) is 0.545. The first-order valence-corrected chi connectivity index (χ1v) is 5.13. The lowest BCUT2D eigenvalue weighted by Gasteiger charge is -2.21. The minimum Gasteiger partial charge on any atom is -0.378 e. The summed E-state index contributed by atoms with van der Waals surface area (Å²) in [6.07, 6.45) is 6.24. The van der Waals surface area contributed by atoms with Crippen LogP contribution in [0.25, 0.3) is 0 Å². The molecule has 3 heteroatoms. The highest BCUT2D eigenvalue weighted by Crippen LogP contribution is 2.27. The Labute approximate surface area is 84.3 Å². The van der Waals surface area contributed by atoms with Gasteiger partial charge in [0, 0.05) is 31.5 Å². The third-order valence-electron chi connectivity index (χ3n) is 2.78. The lowest BCUT2D eigenvalue weighted by molar-refractivity contribution is 0.0904. The Bertz CT molecular complexity index is 270. The summed E-state index contributed by atoms with van der Waals surface area (Å²) in [5, 5.41) is 0. The number of pyridine rings is 1. The minimum absolute atomic E-state index is 0.296. The third kappa shape index (κ3) is 1.94. The zero-order valence-corrected chi connectivity index (χ0v) is 8.23. The van der Waals surface area contributed by atoms with E-state index in [1.165, 1.54) is 5.56 Å². The van der Waals surface area contributed by atoms with Gasteiger partial charge in [0.05, 0.1) is 6.10 Å². The van der Waals surface area contributed by atoms with Crippen LogP contribution in [0.2, 0.25) is 0 Å². The van der Waals surface area contributed by atoms with E-state index in [1.54, 1.807) is 6.20 Å². The standard InChI is InChI=1S/C11H16N2O/c12-7-10(11-4-2-6-14-11)9-3-1-5-13-8-9/h1,3,5,8,10-11H,2,4,6-7,12H2.